The molecule has 0 unspecified atom stereocenters. The van der Waals surface area contributed by atoms with Crippen LogP contribution in [0.2, 0.25) is 0 Å². The number of hydrogen-bond donors (Lipinski definition) is 1. The van der Waals surface area contributed by atoms with E-state index in [1.54, 1.807) is 13.0 Å². The molecule has 17 heavy (non-hydrogen) atoms. The summed E-state index contributed by atoms with van der Waals surface area (Å²) in [7, 11) is -3.05. The fourth-order valence-electron chi connectivity index (χ4n) is 1.19. The van der Waals surface area contributed by atoms with E-state index in [1.807, 2.05) is 0 Å². The number of sulfone groups is 1. The van der Waals surface area contributed by atoms with Crippen molar-refractivity contribution in [2.45, 2.75) is 18.5 Å². The first kappa shape index (κ1) is 14.0. The molecule has 1 heterocycles. The molecule has 0 spiro atoms. The summed E-state index contributed by atoms with van der Waals surface area (Å²) in [5, 5.41) is 13.4. The lowest BCUT2D eigenvalue weighted by atomic mass is 10.5. The van der Waals surface area contributed by atoms with E-state index in [9.17, 15) is 13.2 Å². The molecule has 0 aliphatic heterocycles. The van der Waals surface area contributed by atoms with E-state index in [4.69, 9.17) is 5.11 Å². The van der Waals surface area contributed by atoms with Crippen molar-refractivity contribution in [1.29, 1.82) is 0 Å². The lowest BCUT2D eigenvalue weighted by molar-refractivity contribution is -0.133. The minimum absolute atomic E-state index is 0.00521. The first-order valence-electron chi connectivity index (χ1n) is 4.85. The quantitative estimate of drug-likeness (QED) is 0.758. The molecule has 0 aromatic carbocycles. The molecular weight excluding hydrogens is 264 g/mol. The SMILES string of the molecule is Cc1cc(SCC(=O)O)n(CCS(C)(=O)=O)n1. The molecule has 6 nitrogen and oxygen atoms in total. The van der Waals surface area contributed by atoms with Crippen molar-refractivity contribution in [3.8, 4) is 0 Å². The summed E-state index contributed by atoms with van der Waals surface area (Å²) in [5.74, 6) is -0.984. The van der Waals surface area contributed by atoms with Gasteiger partial charge >= 0.3 is 5.97 Å². The van der Waals surface area contributed by atoms with Gasteiger partial charge in [-0.05, 0) is 13.0 Å². The number of carboxylic acid groups (broad SMARTS) is 1. The molecule has 0 amide bonds. The molecule has 96 valence electrons. The lowest BCUT2D eigenvalue weighted by Gasteiger charge is -2.04. The summed E-state index contributed by atoms with van der Waals surface area (Å²) in [6.07, 6.45) is 1.16. The van der Waals surface area contributed by atoms with Crippen molar-refractivity contribution in [1.82, 2.24) is 9.78 Å². The van der Waals surface area contributed by atoms with E-state index in [0.717, 1.165) is 23.7 Å². The minimum atomic E-state index is -3.05. The van der Waals surface area contributed by atoms with Crippen molar-refractivity contribution in [2.75, 3.05) is 17.8 Å². The molecule has 0 bridgehead atoms. The molecule has 1 N–H and O–H groups in total. The number of aryl methyl sites for hydroxylation is 2. The number of rotatable bonds is 6. The zero-order valence-electron chi connectivity index (χ0n) is 9.58. The van der Waals surface area contributed by atoms with Gasteiger partial charge in [0.25, 0.3) is 0 Å². The normalized spacial score (nSPS) is 11.6. The van der Waals surface area contributed by atoms with Gasteiger partial charge in [-0.25, -0.2) is 8.42 Å². The summed E-state index contributed by atoms with van der Waals surface area (Å²) >= 11 is 1.13. The Bertz CT molecular complexity index is 507. The Balaban J connectivity index is 2.73. The molecule has 0 aliphatic rings. The summed E-state index contributed by atoms with van der Waals surface area (Å²) < 4.78 is 23.6. The number of carboxylic acids is 1. The van der Waals surface area contributed by atoms with Crippen LogP contribution in [0.1, 0.15) is 5.69 Å². The summed E-state index contributed by atoms with van der Waals surface area (Å²) in [4.78, 5) is 10.5. The summed E-state index contributed by atoms with van der Waals surface area (Å²) in [6, 6.07) is 1.75. The van der Waals surface area contributed by atoms with Gasteiger partial charge in [0.2, 0.25) is 0 Å². The molecule has 1 rings (SSSR count). The van der Waals surface area contributed by atoms with E-state index in [1.165, 1.54) is 4.68 Å². The number of aliphatic carboxylic acids is 1. The Morgan fingerprint density at radius 2 is 2.24 bits per heavy atom. The van der Waals surface area contributed by atoms with Crippen molar-refractivity contribution >= 4 is 27.6 Å². The Labute approximate surface area is 104 Å². The van der Waals surface area contributed by atoms with Gasteiger partial charge in [0.05, 0.1) is 28.8 Å². The van der Waals surface area contributed by atoms with Gasteiger partial charge < -0.3 is 5.11 Å². The van der Waals surface area contributed by atoms with Gasteiger partial charge in [0.15, 0.2) is 0 Å². The average Bonchev–Trinajstić information content (AvgIpc) is 2.52. The van der Waals surface area contributed by atoms with Crippen molar-refractivity contribution in [3.63, 3.8) is 0 Å². The molecule has 1 aromatic rings. The topological polar surface area (TPSA) is 89.3 Å². The molecule has 0 saturated heterocycles. The standard InChI is InChI=1S/C9H14N2O4S2/c1-7-5-8(16-6-9(12)13)11(10-7)3-4-17(2,14)15/h5H,3-4,6H2,1-2H3,(H,12,13). The van der Waals surface area contributed by atoms with Crippen LogP contribution in [0.25, 0.3) is 0 Å². The second kappa shape index (κ2) is 5.54. The van der Waals surface area contributed by atoms with Crippen LogP contribution in [0.4, 0.5) is 0 Å². The molecular formula is C9H14N2O4S2. The van der Waals surface area contributed by atoms with Gasteiger partial charge in [0, 0.05) is 6.26 Å². The Hall–Kier alpha value is -1.02. The average molecular weight is 278 g/mol. The fourth-order valence-corrected chi connectivity index (χ4v) is 2.50. The summed E-state index contributed by atoms with van der Waals surface area (Å²) in [6.45, 7) is 2.02. The van der Waals surface area contributed by atoms with Crippen LogP contribution in [-0.2, 0) is 21.2 Å². The van der Waals surface area contributed by atoms with E-state index in [-0.39, 0.29) is 18.1 Å². The third kappa shape index (κ3) is 5.22. The molecule has 0 fully saturated rings. The number of carbonyl (C=O) groups is 1. The van der Waals surface area contributed by atoms with Crippen LogP contribution < -0.4 is 0 Å². The number of hydrogen-bond acceptors (Lipinski definition) is 5. The minimum Gasteiger partial charge on any atom is -0.481 e. The van der Waals surface area contributed by atoms with Crippen LogP contribution in [-0.4, -0.2) is 47.0 Å². The smallest absolute Gasteiger partial charge is 0.313 e. The van der Waals surface area contributed by atoms with E-state index < -0.39 is 15.8 Å². The molecule has 1 aromatic heterocycles. The first-order chi connectivity index (χ1) is 7.78. The highest BCUT2D eigenvalue weighted by molar-refractivity contribution is 7.99. The molecule has 0 aliphatic carbocycles. The lowest BCUT2D eigenvalue weighted by Crippen LogP contribution is -2.13. The van der Waals surface area contributed by atoms with Crippen molar-refractivity contribution in [3.05, 3.63) is 11.8 Å². The van der Waals surface area contributed by atoms with Crippen LogP contribution in [0.3, 0.4) is 0 Å². The largest absolute Gasteiger partial charge is 0.481 e. The van der Waals surface area contributed by atoms with E-state index in [0.29, 0.717) is 5.03 Å². The Morgan fingerprint density at radius 3 is 2.76 bits per heavy atom. The maximum absolute atomic E-state index is 11.0. The molecule has 0 radical (unpaired) electrons. The maximum atomic E-state index is 11.0. The van der Waals surface area contributed by atoms with Crippen LogP contribution in [0.5, 0.6) is 0 Å². The van der Waals surface area contributed by atoms with Crippen LogP contribution in [0.15, 0.2) is 11.1 Å². The number of thioether (sulfide) groups is 1. The Kier molecular flexibility index (Phi) is 4.58. The van der Waals surface area contributed by atoms with Gasteiger partial charge in [-0.2, -0.15) is 5.10 Å². The number of nitrogens with zero attached hydrogens (tertiary/aromatic N) is 2. The van der Waals surface area contributed by atoms with Crippen LogP contribution in [0, 0.1) is 6.92 Å². The summed E-state index contributed by atoms with van der Waals surface area (Å²) in [5.41, 5.74) is 0.742. The zero-order chi connectivity index (χ0) is 13.1. The first-order valence-corrected chi connectivity index (χ1v) is 7.89. The predicted octanol–water partition coefficient (Wildman–Crippen LogP) is 0.413. The van der Waals surface area contributed by atoms with Crippen molar-refractivity contribution in [2.24, 2.45) is 0 Å². The van der Waals surface area contributed by atoms with Gasteiger partial charge in [-0.15, -0.1) is 0 Å². The highest BCUT2D eigenvalue weighted by atomic mass is 32.2. The predicted molar refractivity (Wildman–Crippen MR) is 65.0 cm³/mol. The van der Waals surface area contributed by atoms with Gasteiger partial charge in [-0.3, -0.25) is 9.48 Å². The number of aromatic nitrogens is 2. The Morgan fingerprint density at radius 1 is 1.59 bits per heavy atom. The highest BCUT2D eigenvalue weighted by Gasteiger charge is 2.10. The molecule has 0 saturated carbocycles. The molecule has 8 heteroatoms. The molecule has 0 atom stereocenters. The zero-order valence-corrected chi connectivity index (χ0v) is 11.2. The highest BCUT2D eigenvalue weighted by Crippen LogP contribution is 2.19. The van der Waals surface area contributed by atoms with Gasteiger partial charge in [0.1, 0.15) is 9.84 Å². The van der Waals surface area contributed by atoms with E-state index in [2.05, 4.69) is 5.10 Å². The van der Waals surface area contributed by atoms with Crippen molar-refractivity contribution < 1.29 is 18.3 Å². The third-order valence-electron chi connectivity index (χ3n) is 1.88. The second-order valence-electron chi connectivity index (χ2n) is 3.66. The second-order valence-corrected chi connectivity index (χ2v) is 6.91. The fraction of sp³-hybridized carbons (Fsp3) is 0.556. The van der Waals surface area contributed by atoms with Gasteiger partial charge in [-0.1, -0.05) is 11.8 Å². The third-order valence-corrected chi connectivity index (χ3v) is 3.82. The van der Waals surface area contributed by atoms with Crippen LogP contribution >= 0.6 is 11.8 Å². The maximum Gasteiger partial charge on any atom is 0.313 e. The van der Waals surface area contributed by atoms with E-state index >= 15 is 0 Å². The monoisotopic (exact) mass is 278 g/mol.